The fourth-order valence-corrected chi connectivity index (χ4v) is 3.68. The summed E-state index contributed by atoms with van der Waals surface area (Å²) in [6.07, 6.45) is 6.41. The summed E-state index contributed by atoms with van der Waals surface area (Å²) in [5.41, 5.74) is 2.97. The predicted molar refractivity (Wildman–Crippen MR) is 77.7 cm³/mol. The van der Waals surface area contributed by atoms with Gasteiger partial charge in [0.25, 0.3) is 0 Å². The first-order valence-corrected chi connectivity index (χ1v) is 7.33. The SMILES string of the molecule is C=C1CC[C@H](OC(C)=O)/C(C)=C\C[C@@H]2[C@@H]1CC2(C)C. The van der Waals surface area contributed by atoms with Crippen LogP contribution in [0.2, 0.25) is 0 Å². The summed E-state index contributed by atoms with van der Waals surface area (Å²) < 4.78 is 5.44. The molecule has 2 aliphatic carbocycles. The van der Waals surface area contributed by atoms with E-state index in [2.05, 4.69) is 33.4 Å². The lowest BCUT2D eigenvalue weighted by molar-refractivity contribution is -0.144. The number of ether oxygens (including phenoxy) is 1. The minimum atomic E-state index is -0.189. The van der Waals surface area contributed by atoms with Crippen molar-refractivity contribution >= 4 is 5.97 Å². The van der Waals surface area contributed by atoms with Crippen LogP contribution in [0.1, 0.15) is 53.4 Å². The first-order valence-electron chi connectivity index (χ1n) is 7.33. The van der Waals surface area contributed by atoms with Crippen molar-refractivity contribution in [1.29, 1.82) is 0 Å². The number of carbonyl (C=O) groups is 1. The molecule has 3 atom stereocenters. The van der Waals surface area contributed by atoms with E-state index in [0.717, 1.165) is 19.3 Å². The Bertz CT molecular complexity index is 417. The normalized spacial score (nSPS) is 36.7. The molecular formula is C17H26O2. The van der Waals surface area contributed by atoms with Crippen LogP contribution >= 0.6 is 0 Å². The van der Waals surface area contributed by atoms with Gasteiger partial charge in [-0.2, -0.15) is 0 Å². The van der Waals surface area contributed by atoms with Gasteiger partial charge in [0.1, 0.15) is 6.10 Å². The lowest BCUT2D eigenvalue weighted by Crippen LogP contribution is -2.44. The Morgan fingerprint density at radius 2 is 2.16 bits per heavy atom. The highest BCUT2D eigenvalue weighted by atomic mass is 16.5. The van der Waals surface area contributed by atoms with Crippen molar-refractivity contribution in [2.75, 3.05) is 0 Å². The summed E-state index contributed by atoms with van der Waals surface area (Å²) >= 11 is 0. The Labute approximate surface area is 116 Å². The smallest absolute Gasteiger partial charge is 0.303 e. The monoisotopic (exact) mass is 262 g/mol. The van der Waals surface area contributed by atoms with Crippen LogP contribution in [0.25, 0.3) is 0 Å². The molecule has 0 aromatic heterocycles. The Morgan fingerprint density at radius 1 is 1.47 bits per heavy atom. The Balaban J connectivity index is 2.16. The van der Waals surface area contributed by atoms with Gasteiger partial charge in [0.15, 0.2) is 0 Å². The third kappa shape index (κ3) is 2.93. The molecule has 2 nitrogen and oxygen atoms in total. The number of hydrogen-bond acceptors (Lipinski definition) is 2. The predicted octanol–water partition coefficient (Wildman–Crippen LogP) is 4.27. The van der Waals surface area contributed by atoms with Crippen molar-refractivity contribution in [2.45, 2.75) is 59.5 Å². The molecule has 0 bridgehead atoms. The summed E-state index contributed by atoms with van der Waals surface area (Å²) in [6.45, 7) is 12.6. The van der Waals surface area contributed by atoms with Crippen LogP contribution in [0.4, 0.5) is 0 Å². The summed E-state index contributed by atoms with van der Waals surface area (Å²) in [5.74, 6) is 1.17. The Hall–Kier alpha value is -1.05. The molecule has 2 aliphatic rings. The summed E-state index contributed by atoms with van der Waals surface area (Å²) in [7, 11) is 0. The lowest BCUT2D eigenvalue weighted by Gasteiger charge is -2.52. The van der Waals surface area contributed by atoms with Crippen molar-refractivity contribution in [3.8, 4) is 0 Å². The largest absolute Gasteiger partial charge is 0.458 e. The zero-order chi connectivity index (χ0) is 14.2. The van der Waals surface area contributed by atoms with Crippen molar-refractivity contribution in [1.82, 2.24) is 0 Å². The van der Waals surface area contributed by atoms with Crippen LogP contribution in [0.15, 0.2) is 23.8 Å². The summed E-state index contributed by atoms with van der Waals surface area (Å²) in [4.78, 5) is 11.2. The van der Waals surface area contributed by atoms with Gasteiger partial charge in [-0.1, -0.05) is 32.1 Å². The molecule has 0 spiro atoms. The fraction of sp³-hybridized carbons (Fsp3) is 0.706. The maximum atomic E-state index is 11.2. The van der Waals surface area contributed by atoms with Crippen LogP contribution in [-0.2, 0) is 9.53 Å². The average Bonchev–Trinajstić information content (AvgIpc) is 2.33. The zero-order valence-electron chi connectivity index (χ0n) is 12.7. The minimum Gasteiger partial charge on any atom is -0.458 e. The van der Waals surface area contributed by atoms with E-state index in [1.165, 1.54) is 24.5 Å². The number of rotatable bonds is 1. The topological polar surface area (TPSA) is 26.3 Å². The molecule has 2 rings (SSSR count). The van der Waals surface area contributed by atoms with E-state index in [0.29, 0.717) is 17.3 Å². The number of allylic oxidation sites excluding steroid dienone is 2. The van der Waals surface area contributed by atoms with Gasteiger partial charge in [-0.05, 0) is 55.4 Å². The molecular weight excluding hydrogens is 236 g/mol. The van der Waals surface area contributed by atoms with Crippen LogP contribution < -0.4 is 0 Å². The van der Waals surface area contributed by atoms with Gasteiger partial charge in [0.2, 0.25) is 0 Å². The number of carbonyl (C=O) groups excluding carboxylic acids is 1. The zero-order valence-corrected chi connectivity index (χ0v) is 12.7. The lowest BCUT2D eigenvalue weighted by atomic mass is 9.52. The standard InChI is InChI=1S/C17H26O2/c1-11-7-9-16(19-13(3)18)12(2)6-8-15-14(11)10-17(15,4)5/h6,14-16H,1,7-10H2,2-5H3/b12-6-/t14-,15-,16+/m1/s1. The quantitative estimate of drug-likeness (QED) is 0.521. The van der Waals surface area contributed by atoms with Crippen molar-refractivity contribution in [3.05, 3.63) is 23.8 Å². The van der Waals surface area contributed by atoms with Crippen LogP contribution in [0, 0.1) is 17.3 Å². The van der Waals surface area contributed by atoms with Crippen molar-refractivity contribution in [3.63, 3.8) is 0 Å². The molecule has 1 fully saturated rings. The van der Waals surface area contributed by atoms with E-state index in [4.69, 9.17) is 4.74 Å². The molecule has 0 aromatic carbocycles. The van der Waals surface area contributed by atoms with Crippen molar-refractivity contribution < 1.29 is 9.53 Å². The van der Waals surface area contributed by atoms with E-state index >= 15 is 0 Å². The van der Waals surface area contributed by atoms with Crippen molar-refractivity contribution in [2.24, 2.45) is 17.3 Å². The van der Waals surface area contributed by atoms with Gasteiger partial charge in [-0.15, -0.1) is 0 Å². The molecule has 19 heavy (non-hydrogen) atoms. The summed E-state index contributed by atoms with van der Waals surface area (Å²) in [6, 6.07) is 0. The Morgan fingerprint density at radius 3 is 2.74 bits per heavy atom. The van der Waals surface area contributed by atoms with E-state index in [1.807, 2.05) is 0 Å². The molecule has 2 heteroatoms. The van der Waals surface area contributed by atoms with Crippen LogP contribution in [0.3, 0.4) is 0 Å². The maximum absolute atomic E-state index is 11.2. The highest BCUT2D eigenvalue weighted by Crippen LogP contribution is 2.56. The maximum Gasteiger partial charge on any atom is 0.303 e. The third-order valence-corrected chi connectivity index (χ3v) is 5.00. The van der Waals surface area contributed by atoms with Gasteiger partial charge in [-0.3, -0.25) is 4.79 Å². The molecule has 0 saturated heterocycles. The number of fused-ring (bicyclic) bond motifs is 1. The molecule has 0 radical (unpaired) electrons. The first-order chi connectivity index (χ1) is 8.81. The molecule has 0 aromatic rings. The highest BCUT2D eigenvalue weighted by Gasteiger charge is 2.47. The van der Waals surface area contributed by atoms with E-state index in [-0.39, 0.29) is 12.1 Å². The first kappa shape index (κ1) is 14.4. The second-order valence-corrected chi connectivity index (χ2v) is 6.88. The molecule has 0 N–H and O–H groups in total. The number of esters is 1. The molecule has 106 valence electrons. The van der Waals surface area contributed by atoms with Gasteiger partial charge in [0.05, 0.1) is 0 Å². The highest BCUT2D eigenvalue weighted by molar-refractivity contribution is 5.66. The second kappa shape index (κ2) is 5.15. The van der Waals surface area contributed by atoms with Gasteiger partial charge in [-0.25, -0.2) is 0 Å². The van der Waals surface area contributed by atoms with Gasteiger partial charge >= 0.3 is 5.97 Å². The second-order valence-electron chi connectivity index (χ2n) is 6.88. The van der Waals surface area contributed by atoms with Crippen LogP contribution in [0.5, 0.6) is 0 Å². The van der Waals surface area contributed by atoms with Gasteiger partial charge in [0, 0.05) is 6.92 Å². The fourth-order valence-electron chi connectivity index (χ4n) is 3.68. The third-order valence-electron chi connectivity index (χ3n) is 5.00. The Kier molecular flexibility index (Phi) is 3.89. The molecule has 0 aliphatic heterocycles. The molecule has 0 amide bonds. The number of hydrogen-bond donors (Lipinski definition) is 0. The van der Waals surface area contributed by atoms with E-state index in [1.54, 1.807) is 0 Å². The van der Waals surface area contributed by atoms with Gasteiger partial charge < -0.3 is 4.74 Å². The average molecular weight is 262 g/mol. The summed E-state index contributed by atoms with van der Waals surface area (Å²) in [5, 5.41) is 0. The van der Waals surface area contributed by atoms with Crippen LogP contribution in [-0.4, -0.2) is 12.1 Å². The molecule has 0 unspecified atom stereocenters. The minimum absolute atomic E-state index is 0.0603. The molecule has 1 saturated carbocycles. The van der Waals surface area contributed by atoms with E-state index in [9.17, 15) is 4.79 Å². The molecule has 0 heterocycles. The van der Waals surface area contributed by atoms with E-state index < -0.39 is 0 Å².